The number of benzene rings is 1. The molecule has 5 nitrogen and oxygen atoms in total. The zero-order chi connectivity index (χ0) is 13.4. The van der Waals surface area contributed by atoms with Crippen molar-refractivity contribution in [3.63, 3.8) is 0 Å². The SMILES string of the molecule is COC(=O)C(c1ccc2c(c1)OCO2)N(C)C1CC1. The Morgan fingerprint density at radius 1 is 1.37 bits per heavy atom. The average molecular weight is 263 g/mol. The van der Waals surface area contributed by atoms with Gasteiger partial charge in [0, 0.05) is 6.04 Å². The maximum absolute atomic E-state index is 12.1. The molecule has 0 saturated heterocycles. The fraction of sp³-hybridized carbons (Fsp3) is 0.500. The largest absolute Gasteiger partial charge is 0.468 e. The van der Waals surface area contributed by atoms with Crippen LogP contribution in [0.5, 0.6) is 11.5 Å². The van der Waals surface area contributed by atoms with Crippen LogP contribution in [0.15, 0.2) is 18.2 Å². The molecule has 2 aliphatic rings. The third kappa shape index (κ3) is 2.26. The number of ether oxygens (including phenoxy) is 3. The normalized spacial score (nSPS) is 18.5. The van der Waals surface area contributed by atoms with E-state index in [9.17, 15) is 4.79 Å². The molecule has 3 rings (SSSR count). The van der Waals surface area contributed by atoms with Crippen LogP contribution in [0.2, 0.25) is 0 Å². The van der Waals surface area contributed by atoms with Crippen molar-refractivity contribution >= 4 is 5.97 Å². The highest BCUT2D eigenvalue weighted by molar-refractivity contribution is 5.78. The van der Waals surface area contributed by atoms with Crippen LogP contribution in [-0.4, -0.2) is 37.9 Å². The average Bonchev–Trinajstić information content (AvgIpc) is 3.17. The third-order valence-corrected chi connectivity index (χ3v) is 3.67. The zero-order valence-electron chi connectivity index (χ0n) is 11.1. The number of fused-ring (bicyclic) bond motifs is 1. The first-order chi connectivity index (χ1) is 9.20. The van der Waals surface area contributed by atoms with Gasteiger partial charge in [0.15, 0.2) is 11.5 Å². The molecule has 1 aliphatic heterocycles. The summed E-state index contributed by atoms with van der Waals surface area (Å²) in [5.74, 6) is 1.17. The van der Waals surface area contributed by atoms with Gasteiger partial charge in [-0.2, -0.15) is 0 Å². The van der Waals surface area contributed by atoms with Crippen LogP contribution in [0.1, 0.15) is 24.4 Å². The molecule has 1 heterocycles. The lowest BCUT2D eigenvalue weighted by atomic mass is 10.0. The Labute approximate surface area is 112 Å². The summed E-state index contributed by atoms with van der Waals surface area (Å²) in [4.78, 5) is 14.1. The Hall–Kier alpha value is -1.75. The van der Waals surface area contributed by atoms with Crippen molar-refractivity contribution in [3.05, 3.63) is 23.8 Å². The fourth-order valence-electron chi connectivity index (χ4n) is 2.42. The molecular weight excluding hydrogens is 246 g/mol. The number of likely N-dealkylation sites (N-methyl/N-ethyl adjacent to an activating group) is 1. The second kappa shape index (κ2) is 4.74. The third-order valence-electron chi connectivity index (χ3n) is 3.67. The quantitative estimate of drug-likeness (QED) is 0.774. The molecule has 0 radical (unpaired) electrons. The molecule has 1 fully saturated rings. The molecule has 102 valence electrons. The number of carbonyl (C=O) groups is 1. The smallest absolute Gasteiger partial charge is 0.327 e. The number of hydrogen-bond acceptors (Lipinski definition) is 5. The van der Waals surface area contributed by atoms with E-state index in [1.165, 1.54) is 7.11 Å². The van der Waals surface area contributed by atoms with Gasteiger partial charge in [0.25, 0.3) is 0 Å². The minimum absolute atomic E-state index is 0.236. The highest BCUT2D eigenvalue weighted by atomic mass is 16.7. The number of carbonyl (C=O) groups excluding carboxylic acids is 1. The molecule has 0 bridgehead atoms. The van der Waals surface area contributed by atoms with E-state index in [4.69, 9.17) is 14.2 Å². The van der Waals surface area contributed by atoms with E-state index in [-0.39, 0.29) is 18.8 Å². The maximum Gasteiger partial charge on any atom is 0.327 e. The fourth-order valence-corrected chi connectivity index (χ4v) is 2.42. The summed E-state index contributed by atoms with van der Waals surface area (Å²) in [6, 6.07) is 5.69. The number of hydrogen-bond donors (Lipinski definition) is 0. The molecule has 0 N–H and O–H groups in total. The van der Waals surface area contributed by atoms with Crippen LogP contribution in [0.3, 0.4) is 0 Å². The predicted octanol–water partition coefficient (Wildman–Crippen LogP) is 1.72. The van der Waals surface area contributed by atoms with Gasteiger partial charge in [-0.3, -0.25) is 4.90 Å². The summed E-state index contributed by atoms with van der Waals surface area (Å²) >= 11 is 0. The highest BCUT2D eigenvalue weighted by Gasteiger charge is 2.36. The lowest BCUT2D eigenvalue weighted by Gasteiger charge is -2.26. The summed E-state index contributed by atoms with van der Waals surface area (Å²) in [6.45, 7) is 0.236. The minimum Gasteiger partial charge on any atom is -0.468 e. The van der Waals surface area contributed by atoms with E-state index >= 15 is 0 Å². The van der Waals surface area contributed by atoms with Gasteiger partial charge in [-0.15, -0.1) is 0 Å². The highest BCUT2D eigenvalue weighted by Crippen LogP contribution is 2.38. The summed E-state index contributed by atoms with van der Waals surface area (Å²) < 4.78 is 15.6. The molecule has 0 spiro atoms. The van der Waals surface area contributed by atoms with E-state index in [0.717, 1.165) is 24.2 Å². The van der Waals surface area contributed by atoms with Crippen molar-refractivity contribution in [3.8, 4) is 11.5 Å². The van der Waals surface area contributed by atoms with Crippen molar-refractivity contribution in [1.82, 2.24) is 4.90 Å². The molecule has 5 heteroatoms. The summed E-state index contributed by atoms with van der Waals surface area (Å²) in [6.07, 6.45) is 2.27. The number of esters is 1. The lowest BCUT2D eigenvalue weighted by molar-refractivity contribution is -0.147. The zero-order valence-corrected chi connectivity index (χ0v) is 11.1. The summed E-state index contributed by atoms with van der Waals surface area (Å²) in [5, 5.41) is 0. The van der Waals surface area contributed by atoms with Crippen LogP contribution >= 0.6 is 0 Å². The minimum atomic E-state index is -0.382. The molecule has 19 heavy (non-hydrogen) atoms. The first-order valence-electron chi connectivity index (χ1n) is 6.40. The Bertz CT molecular complexity index is 498. The molecule has 1 aromatic carbocycles. The Morgan fingerprint density at radius 3 is 2.79 bits per heavy atom. The molecule has 1 atom stereocenters. The standard InChI is InChI=1S/C14H17NO4/c1-15(10-4-5-10)13(14(16)17-2)9-3-6-11-12(7-9)19-8-18-11/h3,6-7,10,13H,4-5,8H2,1-2H3. The molecule has 1 saturated carbocycles. The number of rotatable bonds is 4. The molecule has 1 unspecified atom stereocenters. The Kier molecular flexibility index (Phi) is 3.06. The molecule has 1 aliphatic carbocycles. The Morgan fingerprint density at radius 2 is 2.11 bits per heavy atom. The molecule has 0 amide bonds. The van der Waals surface area contributed by atoms with Gasteiger partial charge in [0.1, 0.15) is 6.04 Å². The van der Waals surface area contributed by atoms with Crippen LogP contribution in [-0.2, 0) is 9.53 Å². The van der Waals surface area contributed by atoms with Crippen LogP contribution < -0.4 is 9.47 Å². The first kappa shape index (κ1) is 12.3. The summed E-state index contributed by atoms with van der Waals surface area (Å²) in [5.41, 5.74) is 0.880. The van der Waals surface area contributed by atoms with E-state index in [2.05, 4.69) is 4.90 Å². The predicted molar refractivity (Wildman–Crippen MR) is 68.1 cm³/mol. The van der Waals surface area contributed by atoms with Crippen molar-refractivity contribution in [2.24, 2.45) is 0 Å². The second-order valence-corrected chi connectivity index (χ2v) is 4.94. The summed E-state index contributed by atoms with van der Waals surface area (Å²) in [7, 11) is 3.38. The van der Waals surface area contributed by atoms with Crippen molar-refractivity contribution < 1.29 is 19.0 Å². The second-order valence-electron chi connectivity index (χ2n) is 4.94. The molecule has 1 aromatic rings. The van der Waals surface area contributed by atoms with Gasteiger partial charge in [-0.25, -0.2) is 4.79 Å². The van der Waals surface area contributed by atoms with Crippen LogP contribution in [0, 0.1) is 0 Å². The van der Waals surface area contributed by atoms with Gasteiger partial charge >= 0.3 is 5.97 Å². The number of methoxy groups -OCH3 is 1. The topological polar surface area (TPSA) is 48.0 Å². The van der Waals surface area contributed by atoms with Crippen molar-refractivity contribution in [1.29, 1.82) is 0 Å². The van der Waals surface area contributed by atoms with Crippen LogP contribution in [0.25, 0.3) is 0 Å². The monoisotopic (exact) mass is 263 g/mol. The van der Waals surface area contributed by atoms with Gasteiger partial charge < -0.3 is 14.2 Å². The first-order valence-corrected chi connectivity index (χ1v) is 6.40. The number of nitrogens with zero attached hydrogens (tertiary/aromatic N) is 1. The molecular formula is C14H17NO4. The molecule has 0 aromatic heterocycles. The van der Waals surface area contributed by atoms with E-state index in [1.807, 2.05) is 25.2 Å². The van der Waals surface area contributed by atoms with E-state index < -0.39 is 0 Å². The van der Waals surface area contributed by atoms with Gasteiger partial charge in [0.05, 0.1) is 7.11 Å². The van der Waals surface area contributed by atoms with Crippen molar-refractivity contribution in [2.45, 2.75) is 24.9 Å². The van der Waals surface area contributed by atoms with Gasteiger partial charge in [-0.05, 0) is 37.6 Å². The lowest BCUT2D eigenvalue weighted by Crippen LogP contribution is -2.33. The van der Waals surface area contributed by atoms with E-state index in [0.29, 0.717) is 11.8 Å². The maximum atomic E-state index is 12.1. The van der Waals surface area contributed by atoms with Crippen LogP contribution in [0.4, 0.5) is 0 Å². The van der Waals surface area contributed by atoms with Gasteiger partial charge in [-0.1, -0.05) is 6.07 Å². The van der Waals surface area contributed by atoms with Crippen molar-refractivity contribution in [2.75, 3.05) is 21.0 Å². The Balaban J connectivity index is 1.92. The van der Waals surface area contributed by atoms with Gasteiger partial charge in [0.2, 0.25) is 6.79 Å². The van der Waals surface area contributed by atoms with E-state index in [1.54, 1.807) is 0 Å².